The summed E-state index contributed by atoms with van der Waals surface area (Å²) in [6.45, 7) is 4.68. The number of carbonyl (C=O) groups is 1. The van der Waals surface area contributed by atoms with Gasteiger partial charge in [0.15, 0.2) is 0 Å². The lowest BCUT2D eigenvalue weighted by atomic mass is 9.95. The third-order valence-electron chi connectivity index (χ3n) is 5.04. The lowest BCUT2D eigenvalue weighted by Crippen LogP contribution is -2.36. The zero-order valence-corrected chi connectivity index (χ0v) is 15.8. The molecule has 1 saturated carbocycles. The van der Waals surface area contributed by atoms with Gasteiger partial charge in [-0.3, -0.25) is 4.79 Å². The molecule has 0 unspecified atom stereocenters. The zero-order valence-electron chi connectivity index (χ0n) is 15.8. The average Bonchev–Trinajstić information content (AvgIpc) is 2.67. The van der Waals surface area contributed by atoms with Gasteiger partial charge in [-0.1, -0.05) is 49.6 Å². The highest BCUT2D eigenvalue weighted by molar-refractivity contribution is 5.92. The van der Waals surface area contributed by atoms with Crippen LogP contribution in [-0.4, -0.2) is 27.9 Å². The summed E-state index contributed by atoms with van der Waals surface area (Å²) >= 11 is 0. The summed E-state index contributed by atoms with van der Waals surface area (Å²) in [6, 6.07) is 14.6. The largest absolute Gasteiger partial charge is 0.381 e. The van der Waals surface area contributed by atoms with E-state index in [1.165, 1.54) is 32.1 Å². The van der Waals surface area contributed by atoms with Crippen LogP contribution in [-0.2, 0) is 6.54 Å². The molecule has 0 radical (unpaired) electrons. The Kier molecular flexibility index (Phi) is 6.26. The van der Waals surface area contributed by atoms with Gasteiger partial charge in [-0.15, -0.1) is 0 Å². The number of amides is 1. The molecule has 4 heteroatoms. The summed E-state index contributed by atoms with van der Waals surface area (Å²) in [5.74, 6) is -0.0203. The molecular formula is C22H29N3O. The number of pyridine rings is 1. The van der Waals surface area contributed by atoms with Crippen LogP contribution < -0.4 is 5.32 Å². The van der Waals surface area contributed by atoms with Crippen molar-refractivity contribution in [3.63, 3.8) is 0 Å². The molecule has 2 aromatic rings. The van der Waals surface area contributed by atoms with E-state index >= 15 is 0 Å². The van der Waals surface area contributed by atoms with E-state index in [2.05, 4.69) is 10.3 Å². The molecular weight excluding hydrogens is 322 g/mol. The standard InChI is InChI=1S/C22H29N3O/c1-17(2)25(16-18-9-5-3-6-10-18)22(26)21-14-13-20(15-23-21)24-19-11-7-4-8-12-19/h3,5-6,9-10,13-15,17,19,24H,4,7-8,11-12,16H2,1-2H3. The maximum atomic E-state index is 12.9. The fourth-order valence-corrected chi connectivity index (χ4v) is 3.50. The summed E-state index contributed by atoms with van der Waals surface area (Å²) in [7, 11) is 0. The molecule has 0 atom stereocenters. The number of anilines is 1. The van der Waals surface area contributed by atoms with Gasteiger partial charge >= 0.3 is 0 Å². The Morgan fingerprint density at radius 3 is 2.46 bits per heavy atom. The first-order valence-corrected chi connectivity index (χ1v) is 9.71. The van der Waals surface area contributed by atoms with E-state index < -0.39 is 0 Å². The summed E-state index contributed by atoms with van der Waals surface area (Å²) in [6.07, 6.45) is 8.17. The van der Waals surface area contributed by atoms with Crippen LogP contribution in [0.2, 0.25) is 0 Å². The van der Waals surface area contributed by atoms with Gasteiger partial charge in [-0.2, -0.15) is 0 Å². The van der Waals surface area contributed by atoms with Crippen molar-refractivity contribution in [2.45, 2.75) is 64.6 Å². The number of benzene rings is 1. The fourth-order valence-electron chi connectivity index (χ4n) is 3.50. The quantitative estimate of drug-likeness (QED) is 0.807. The molecule has 1 aliphatic carbocycles. The van der Waals surface area contributed by atoms with Gasteiger partial charge in [0, 0.05) is 18.6 Å². The number of nitrogens with zero attached hydrogens (tertiary/aromatic N) is 2. The molecule has 3 rings (SSSR count). The number of aromatic nitrogens is 1. The highest BCUT2D eigenvalue weighted by atomic mass is 16.2. The van der Waals surface area contributed by atoms with Crippen molar-refractivity contribution in [2.75, 3.05) is 5.32 Å². The minimum absolute atomic E-state index is 0.0203. The van der Waals surface area contributed by atoms with Gasteiger partial charge in [0.2, 0.25) is 0 Å². The van der Waals surface area contributed by atoms with Gasteiger partial charge in [0.25, 0.3) is 5.91 Å². The first-order valence-electron chi connectivity index (χ1n) is 9.71. The molecule has 0 spiro atoms. The molecule has 26 heavy (non-hydrogen) atoms. The van der Waals surface area contributed by atoms with Gasteiger partial charge in [-0.05, 0) is 44.4 Å². The van der Waals surface area contributed by atoms with Crippen LogP contribution in [0.4, 0.5) is 5.69 Å². The predicted molar refractivity (Wildman–Crippen MR) is 106 cm³/mol. The highest BCUT2D eigenvalue weighted by Crippen LogP contribution is 2.21. The summed E-state index contributed by atoms with van der Waals surface area (Å²) in [5.41, 5.74) is 2.64. The summed E-state index contributed by atoms with van der Waals surface area (Å²) in [4.78, 5) is 19.2. The molecule has 0 aliphatic heterocycles. The van der Waals surface area contributed by atoms with Gasteiger partial charge in [0.1, 0.15) is 5.69 Å². The van der Waals surface area contributed by atoms with Crippen molar-refractivity contribution >= 4 is 11.6 Å². The van der Waals surface area contributed by atoms with Crippen molar-refractivity contribution in [1.82, 2.24) is 9.88 Å². The Hall–Kier alpha value is -2.36. The summed E-state index contributed by atoms with van der Waals surface area (Å²) < 4.78 is 0. The fraction of sp³-hybridized carbons (Fsp3) is 0.455. The van der Waals surface area contributed by atoms with Crippen molar-refractivity contribution in [1.29, 1.82) is 0 Å². The van der Waals surface area contributed by atoms with E-state index in [0.717, 1.165) is 11.3 Å². The molecule has 4 nitrogen and oxygen atoms in total. The van der Waals surface area contributed by atoms with E-state index in [0.29, 0.717) is 18.3 Å². The lowest BCUT2D eigenvalue weighted by Gasteiger charge is -2.27. The minimum Gasteiger partial charge on any atom is -0.381 e. The Morgan fingerprint density at radius 2 is 1.85 bits per heavy atom. The van der Waals surface area contributed by atoms with Gasteiger partial charge in [-0.25, -0.2) is 4.98 Å². The van der Waals surface area contributed by atoms with Crippen molar-refractivity contribution in [2.24, 2.45) is 0 Å². The van der Waals surface area contributed by atoms with Crippen LogP contribution in [0.3, 0.4) is 0 Å². The molecule has 1 fully saturated rings. The predicted octanol–water partition coefficient (Wildman–Crippen LogP) is 4.88. The number of hydrogen-bond donors (Lipinski definition) is 1. The minimum atomic E-state index is -0.0203. The third kappa shape index (κ3) is 4.84. The van der Waals surface area contributed by atoms with Crippen LogP contribution in [0, 0.1) is 0 Å². The van der Waals surface area contributed by atoms with E-state index in [1.807, 2.05) is 61.2 Å². The molecule has 1 aromatic heterocycles. The maximum Gasteiger partial charge on any atom is 0.272 e. The van der Waals surface area contributed by atoms with Crippen molar-refractivity contribution in [3.8, 4) is 0 Å². The third-order valence-corrected chi connectivity index (χ3v) is 5.04. The second-order valence-corrected chi connectivity index (χ2v) is 7.42. The number of carbonyl (C=O) groups excluding carboxylic acids is 1. The maximum absolute atomic E-state index is 12.9. The first kappa shape index (κ1) is 18.4. The molecule has 0 saturated heterocycles. The van der Waals surface area contributed by atoms with Crippen LogP contribution >= 0.6 is 0 Å². The normalized spacial score (nSPS) is 15.0. The molecule has 1 aromatic carbocycles. The SMILES string of the molecule is CC(C)N(Cc1ccccc1)C(=O)c1ccc(NC2CCCCC2)cn1. The number of nitrogens with one attached hydrogen (secondary N) is 1. The zero-order chi connectivity index (χ0) is 18.4. The first-order chi connectivity index (χ1) is 12.6. The van der Waals surface area contributed by atoms with E-state index in [1.54, 1.807) is 6.20 Å². The highest BCUT2D eigenvalue weighted by Gasteiger charge is 2.20. The van der Waals surface area contributed by atoms with Crippen molar-refractivity contribution in [3.05, 3.63) is 59.9 Å². The van der Waals surface area contributed by atoms with Crippen LogP contribution in [0.25, 0.3) is 0 Å². The van der Waals surface area contributed by atoms with E-state index in [-0.39, 0.29) is 11.9 Å². The smallest absolute Gasteiger partial charge is 0.272 e. The second-order valence-electron chi connectivity index (χ2n) is 7.42. The monoisotopic (exact) mass is 351 g/mol. The Bertz CT molecular complexity index is 691. The molecule has 138 valence electrons. The Balaban J connectivity index is 1.66. The average molecular weight is 351 g/mol. The number of hydrogen-bond acceptors (Lipinski definition) is 3. The number of rotatable bonds is 6. The Labute approximate surface area is 156 Å². The summed E-state index contributed by atoms with van der Waals surface area (Å²) in [5, 5.41) is 3.55. The lowest BCUT2D eigenvalue weighted by molar-refractivity contribution is 0.0684. The van der Waals surface area contributed by atoms with E-state index in [4.69, 9.17) is 0 Å². The topological polar surface area (TPSA) is 45.2 Å². The van der Waals surface area contributed by atoms with Crippen LogP contribution in [0.1, 0.15) is 62.0 Å². The van der Waals surface area contributed by atoms with Crippen molar-refractivity contribution < 1.29 is 4.79 Å². The van der Waals surface area contributed by atoms with Gasteiger partial charge < -0.3 is 10.2 Å². The molecule has 1 aliphatic rings. The van der Waals surface area contributed by atoms with E-state index in [9.17, 15) is 4.79 Å². The molecule has 1 amide bonds. The van der Waals surface area contributed by atoms with Crippen LogP contribution in [0.15, 0.2) is 48.7 Å². The molecule has 1 N–H and O–H groups in total. The molecule has 0 bridgehead atoms. The molecule has 1 heterocycles. The second kappa shape index (κ2) is 8.84. The Morgan fingerprint density at radius 1 is 1.12 bits per heavy atom. The van der Waals surface area contributed by atoms with Gasteiger partial charge in [0.05, 0.1) is 11.9 Å². The van der Waals surface area contributed by atoms with Crippen LogP contribution in [0.5, 0.6) is 0 Å².